The van der Waals surface area contributed by atoms with Gasteiger partial charge < -0.3 is 0 Å². The van der Waals surface area contributed by atoms with Crippen LogP contribution in [0.15, 0.2) is 12.2 Å². The van der Waals surface area contributed by atoms with E-state index < -0.39 is 0 Å². The van der Waals surface area contributed by atoms with Gasteiger partial charge in [0.15, 0.2) is 0 Å². The molecule has 0 aliphatic heterocycles. The topological polar surface area (TPSA) is 0 Å². The molecule has 0 heterocycles. The van der Waals surface area contributed by atoms with E-state index >= 15 is 0 Å². The third-order valence-electron chi connectivity index (χ3n) is 1.72. The predicted octanol–water partition coefficient (Wildman–Crippen LogP) is 3.74. The lowest BCUT2D eigenvalue weighted by Gasteiger charge is -1.92. The fourth-order valence-corrected chi connectivity index (χ4v) is 1.43. The number of allylic oxidation sites excluding steroid dienone is 2. The third-order valence-corrected chi connectivity index (χ3v) is 2.36. The Morgan fingerprint density at radius 2 is 1.08 bits per heavy atom. The molecule has 0 aromatic heterocycles. The molecule has 0 atom stereocenters. The molecule has 0 spiro atoms. The van der Waals surface area contributed by atoms with Gasteiger partial charge in [0.2, 0.25) is 0 Å². The van der Waals surface area contributed by atoms with Crippen molar-refractivity contribution in [3.63, 3.8) is 0 Å². The molecule has 0 radical (unpaired) electrons. The third kappa shape index (κ3) is 10.4. The van der Waals surface area contributed by atoms with Crippen molar-refractivity contribution in [2.24, 2.45) is 0 Å². The van der Waals surface area contributed by atoms with Crippen molar-refractivity contribution < 1.29 is 0 Å². The van der Waals surface area contributed by atoms with Gasteiger partial charge >= 0.3 is 0 Å². The first-order valence-corrected chi connectivity index (χ1v) is 6.05. The number of rotatable bonds is 8. The van der Waals surface area contributed by atoms with Gasteiger partial charge in [-0.15, -0.1) is 0 Å². The maximum atomic E-state index is 4.16. The average molecular weight is 204 g/mol. The molecule has 0 aromatic rings. The lowest BCUT2D eigenvalue weighted by atomic mass is 10.2. The molecule has 12 heavy (non-hydrogen) atoms. The lowest BCUT2D eigenvalue weighted by Crippen LogP contribution is -1.76. The highest BCUT2D eigenvalue weighted by atomic mass is 32.1. The minimum absolute atomic E-state index is 1.02. The van der Waals surface area contributed by atoms with E-state index in [1.165, 1.54) is 38.5 Å². The molecule has 0 unspecified atom stereocenters. The molecule has 2 heteroatoms. The van der Waals surface area contributed by atoms with Crippen molar-refractivity contribution in [1.82, 2.24) is 0 Å². The Kier molecular flexibility index (Phi) is 11.9. The van der Waals surface area contributed by atoms with E-state index in [2.05, 4.69) is 37.4 Å². The van der Waals surface area contributed by atoms with Crippen LogP contribution in [0.1, 0.15) is 38.5 Å². The minimum atomic E-state index is 1.02. The predicted molar refractivity (Wildman–Crippen MR) is 64.5 cm³/mol. The van der Waals surface area contributed by atoms with Crippen molar-refractivity contribution in [1.29, 1.82) is 0 Å². The first kappa shape index (κ1) is 12.4. The van der Waals surface area contributed by atoms with Gasteiger partial charge in [0.25, 0.3) is 0 Å². The van der Waals surface area contributed by atoms with Gasteiger partial charge in [-0.25, -0.2) is 0 Å². The van der Waals surface area contributed by atoms with E-state index in [0.29, 0.717) is 0 Å². The van der Waals surface area contributed by atoms with Crippen LogP contribution in [0, 0.1) is 0 Å². The Balaban J connectivity index is 2.93. The summed E-state index contributed by atoms with van der Waals surface area (Å²) < 4.78 is 0. The first-order chi connectivity index (χ1) is 5.91. The van der Waals surface area contributed by atoms with Gasteiger partial charge in [0.05, 0.1) is 0 Å². The van der Waals surface area contributed by atoms with Gasteiger partial charge in [-0.1, -0.05) is 12.2 Å². The summed E-state index contributed by atoms with van der Waals surface area (Å²) in [5, 5.41) is 0. The van der Waals surface area contributed by atoms with E-state index in [0.717, 1.165) is 11.5 Å². The molecule has 0 saturated heterocycles. The molecule has 0 N–H and O–H groups in total. The highest BCUT2D eigenvalue weighted by molar-refractivity contribution is 7.80. The van der Waals surface area contributed by atoms with Crippen molar-refractivity contribution in [3.05, 3.63) is 12.2 Å². The smallest absolute Gasteiger partial charge is 0.00978 e. The van der Waals surface area contributed by atoms with Gasteiger partial charge in [-0.2, -0.15) is 25.3 Å². The fraction of sp³-hybridized carbons (Fsp3) is 0.800. The van der Waals surface area contributed by atoms with Crippen molar-refractivity contribution in [3.8, 4) is 0 Å². The van der Waals surface area contributed by atoms with Crippen LogP contribution in [-0.4, -0.2) is 11.5 Å². The summed E-state index contributed by atoms with van der Waals surface area (Å²) in [6.45, 7) is 0. The second kappa shape index (κ2) is 11.4. The summed E-state index contributed by atoms with van der Waals surface area (Å²) in [7, 11) is 0. The largest absolute Gasteiger partial charge is 0.179 e. The number of thiol groups is 2. The Morgan fingerprint density at radius 3 is 1.42 bits per heavy atom. The Bertz CT molecular complexity index is 88.0. The van der Waals surface area contributed by atoms with E-state index in [-0.39, 0.29) is 0 Å². The van der Waals surface area contributed by atoms with Crippen LogP contribution in [0.4, 0.5) is 0 Å². The van der Waals surface area contributed by atoms with Crippen LogP contribution in [-0.2, 0) is 0 Å². The number of hydrogen-bond donors (Lipinski definition) is 2. The molecule has 0 bridgehead atoms. The number of hydrogen-bond acceptors (Lipinski definition) is 2. The standard InChI is InChI=1S/C10H20S2/c11-9-7-5-3-1-2-4-6-8-10-12/h1-2,11-12H,3-10H2/b2-1+. The van der Waals surface area contributed by atoms with Gasteiger partial charge in [0, 0.05) is 0 Å². The second-order valence-corrected chi connectivity index (χ2v) is 3.80. The molecule has 0 saturated carbocycles. The zero-order chi connectivity index (χ0) is 9.07. The molecule has 72 valence electrons. The molecule has 0 aromatic carbocycles. The normalized spacial score (nSPS) is 11.2. The average Bonchev–Trinajstić information content (AvgIpc) is 2.10. The summed E-state index contributed by atoms with van der Waals surface area (Å²) in [4.78, 5) is 0. The van der Waals surface area contributed by atoms with Crippen LogP contribution in [0.25, 0.3) is 0 Å². The summed E-state index contributed by atoms with van der Waals surface area (Å²) in [5.41, 5.74) is 0. The highest BCUT2D eigenvalue weighted by Gasteiger charge is 1.83. The minimum Gasteiger partial charge on any atom is -0.179 e. The van der Waals surface area contributed by atoms with E-state index in [1.54, 1.807) is 0 Å². The Hall–Kier alpha value is 0.440. The summed E-state index contributed by atoms with van der Waals surface area (Å²) in [6, 6.07) is 0. The first-order valence-electron chi connectivity index (χ1n) is 4.78. The molecule has 0 rings (SSSR count). The maximum Gasteiger partial charge on any atom is -0.00978 e. The SMILES string of the molecule is SCCCC/C=C/CCCCS. The Morgan fingerprint density at radius 1 is 0.667 bits per heavy atom. The lowest BCUT2D eigenvalue weighted by molar-refractivity contribution is 0.802. The molecular formula is C10H20S2. The molecule has 0 amide bonds. The van der Waals surface area contributed by atoms with E-state index in [1.807, 2.05) is 0 Å². The van der Waals surface area contributed by atoms with Crippen molar-refractivity contribution in [2.75, 3.05) is 11.5 Å². The zero-order valence-electron chi connectivity index (χ0n) is 7.71. The van der Waals surface area contributed by atoms with Gasteiger partial charge in [0.1, 0.15) is 0 Å². The summed E-state index contributed by atoms with van der Waals surface area (Å²) >= 11 is 8.32. The molecule has 0 aliphatic rings. The fourth-order valence-electron chi connectivity index (χ4n) is 0.984. The molecule has 0 fully saturated rings. The highest BCUT2D eigenvalue weighted by Crippen LogP contribution is 2.01. The van der Waals surface area contributed by atoms with Crippen molar-refractivity contribution in [2.45, 2.75) is 38.5 Å². The van der Waals surface area contributed by atoms with Crippen molar-refractivity contribution >= 4 is 25.3 Å². The molecular weight excluding hydrogens is 184 g/mol. The van der Waals surface area contributed by atoms with Crippen LogP contribution >= 0.6 is 25.3 Å². The van der Waals surface area contributed by atoms with Crippen LogP contribution in [0.3, 0.4) is 0 Å². The summed E-state index contributed by atoms with van der Waals surface area (Å²) in [5.74, 6) is 2.04. The monoisotopic (exact) mass is 204 g/mol. The second-order valence-electron chi connectivity index (χ2n) is 2.91. The molecule has 0 aliphatic carbocycles. The van der Waals surface area contributed by atoms with Gasteiger partial charge in [-0.3, -0.25) is 0 Å². The number of unbranched alkanes of at least 4 members (excludes halogenated alkanes) is 4. The van der Waals surface area contributed by atoms with E-state index in [9.17, 15) is 0 Å². The Labute approximate surface area is 87.6 Å². The van der Waals surface area contributed by atoms with Crippen LogP contribution in [0.2, 0.25) is 0 Å². The maximum absolute atomic E-state index is 4.16. The zero-order valence-corrected chi connectivity index (χ0v) is 9.49. The van der Waals surface area contributed by atoms with Crippen LogP contribution < -0.4 is 0 Å². The molecule has 0 nitrogen and oxygen atoms in total. The van der Waals surface area contributed by atoms with Gasteiger partial charge in [-0.05, 0) is 50.0 Å². The van der Waals surface area contributed by atoms with Crippen LogP contribution in [0.5, 0.6) is 0 Å². The summed E-state index contributed by atoms with van der Waals surface area (Å²) in [6.07, 6.45) is 12.1. The van der Waals surface area contributed by atoms with E-state index in [4.69, 9.17) is 0 Å². The quantitative estimate of drug-likeness (QED) is 0.336.